The molecule has 7 nitrogen and oxygen atoms in total. The number of aryl methyl sites for hydroxylation is 3. The highest BCUT2D eigenvalue weighted by Crippen LogP contribution is 2.23. The van der Waals surface area contributed by atoms with E-state index in [1.54, 1.807) is 12.1 Å². The lowest BCUT2D eigenvalue weighted by atomic mass is 10.2. The average molecular weight is 443 g/mol. The minimum atomic E-state index is -3.53. The molecule has 0 aliphatic heterocycles. The second-order valence-electron chi connectivity index (χ2n) is 7.89. The van der Waals surface area contributed by atoms with Crippen LogP contribution in [0.15, 0.2) is 47.4 Å². The van der Waals surface area contributed by atoms with Crippen LogP contribution in [-0.4, -0.2) is 42.3 Å². The van der Waals surface area contributed by atoms with Gasteiger partial charge in [0.25, 0.3) is 0 Å². The van der Waals surface area contributed by atoms with Crippen LogP contribution in [0.4, 0.5) is 5.69 Å². The number of rotatable bonds is 9. The number of sulfonamides is 1. The van der Waals surface area contributed by atoms with Crippen molar-refractivity contribution in [2.75, 3.05) is 19.4 Å². The largest absolute Gasteiger partial charge is 0.328 e. The molecule has 3 rings (SSSR count). The lowest BCUT2D eigenvalue weighted by molar-refractivity contribution is -0.116. The van der Waals surface area contributed by atoms with Gasteiger partial charge in [-0.25, -0.2) is 17.7 Å². The predicted octanol–water partition coefficient (Wildman–Crippen LogP) is 3.97. The number of imidazole rings is 1. The minimum absolute atomic E-state index is 0.0735. The van der Waals surface area contributed by atoms with Gasteiger partial charge < -0.3 is 9.88 Å². The van der Waals surface area contributed by atoms with Gasteiger partial charge in [-0.15, -0.1) is 0 Å². The summed E-state index contributed by atoms with van der Waals surface area (Å²) >= 11 is 0. The molecule has 1 aromatic heterocycles. The van der Waals surface area contributed by atoms with Gasteiger partial charge in [0.05, 0.1) is 15.9 Å². The van der Waals surface area contributed by atoms with E-state index in [2.05, 4.69) is 16.8 Å². The number of fused-ring (bicyclic) bond motifs is 1. The van der Waals surface area contributed by atoms with Crippen molar-refractivity contribution in [1.82, 2.24) is 13.9 Å². The molecule has 3 aromatic rings. The van der Waals surface area contributed by atoms with Crippen molar-refractivity contribution in [2.45, 2.75) is 51.0 Å². The molecule has 2 aromatic carbocycles. The van der Waals surface area contributed by atoms with Crippen LogP contribution < -0.4 is 5.32 Å². The van der Waals surface area contributed by atoms with Crippen LogP contribution in [-0.2, 0) is 27.8 Å². The van der Waals surface area contributed by atoms with Crippen molar-refractivity contribution < 1.29 is 13.2 Å². The second kappa shape index (κ2) is 9.62. The van der Waals surface area contributed by atoms with Crippen molar-refractivity contribution in [3.8, 4) is 0 Å². The summed E-state index contributed by atoms with van der Waals surface area (Å²) in [5.74, 6) is 0.720. The average Bonchev–Trinajstić information content (AvgIpc) is 3.07. The van der Waals surface area contributed by atoms with Crippen LogP contribution in [0.25, 0.3) is 11.0 Å². The predicted molar refractivity (Wildman–Crippen MR) is 124 cm³/mol. The summed E-state index contributed by atoms with van der Waals surface area (Å²) < 4.78 is 28.3. The maximum atomic E-state index is 12.5. The van der Waals surface area contributed by atoms with E-state index in [4.69, 9.17) is 4.98 Å². The molecule has 0 radical (unpaired) electrons. The lowest BCUT2D eigenvalue weighted by Crippen LogP contribution is -2.22. The van der Waals surface area contributed by atoms with E-state index in [0.29, 0.717) is 18.4 Å². The quantitative estimate of drug-likeness (QED) is 0.543. The van der Waals surface area contributed by atoms with E-state index in [-0.39, 0.29) is 10.8 Å². The molecule has 0 atom stereocenters. The van der Waals surface area contributed by atoms with Crippen molar-refractivity contribution in [2.24, 2.45) is 0 Å². The second-order valence-corrected chi connectivity index (χ2v) is 10.0. The number of hydrogen-bond acceptors (Lipinski definition) is 4. The fourth-order valence-corrected chi connectivity index (χ4v) is 4.38. The third-order valence-corrected chi connectivity index (χ3v) is 7.00. The zero-order valence-electron chi connectivity index (χ0n) is 18.6. The smallest absolute Gasteiger partial charge is 0.242 e. The Morgan fingerprint density at radius 2 is 1.94 bits per heavy atom. The van der Waals surface area contributed by atoms with Crippen LogP contribution in [0.3, 0.4) is 0 Å². The van der Waals surface area contributed by atoms with Crippen molar-refractivity contribution in [3.63, 3.8) is 0 Å². The van der Waals surface area contributed by atoms with Crippen LogP contribution in [0.5, 0.6) is 0 Å². The molecular formula is C23H30N4O3S. The number of anilines is 1. The minimum Gasteiger partial charge on any atom is -0.328 e. The van der Waals surface area contributed by atoms with Gasteiger partial charge in [0, 0.05) is 39.2 Å². The molecular weight excluding hydrogens is 412 g/mol. The monoisotopic (exact) mass is 442 g/mol. The molecule has 0 aliphatic carbocycles. The summed E-state index contributed by atoms with van der Waals surface area (Å²) in [7, 11) is -0.510. The first kappa shape index (κ1) is 23.0. The van der Waals surface area contributed by atoms with Gasteiger partial charge in [0.2, 0.25) is 15.9 Å². The first-order valence-corrected chi connectivity index (χ1v) is 11.9. The van der Waals surface area contributed by atoms with Gasteiger partial charge in [-0.2, -0.15) is 0 Å². The summed E-state index contributed by atoms with van der Waals surface area (Å²) in [6, 6.07) is 12.7. The molecule has 0 saturated carbocycles. The zero-order chi connectivity index (χ0) is 22.6. The van der Waals surface area contributed by atoms with Gasteiger partial charge >= 0.3 is 0 Å². The summed E-state index contributed by atoms with van der Waals surface area (Å²) in [5.41, 5.74) is 3.39. The maximum Gasteiger partial charge on any atom is 0.242 e. The highest BCUT2D eigenvalue weighted by atomic mass is 32.2. The highest BCUT2D eigenvalue weighted by Gasteiger charge is 2.20. The Balaban J connectivity index is 1.84. The topological polar surface area (TPSA) is 84.3 Å². The maximum absolute atomic E-state index is 12.5. The third kappa shape index (κ3) is 5.32. The third-order valence-electron chi connectivity index (χ3n) is 5.19. The molecule has 0 aliphatic rings. The number of carbonyl (C=O) groups is 1. The molecule has 8 heteroatoms. The fraction of sp³-hybridized carbons (Fsp3) is 0.391. The number of unbranched alkanes of at least 4 members (excludes halogenated alkanes) is 1. The summed E-state index contributed by atoms with van der Waals surface area (Å²) in [6.07, 6.45) is 2.78. The normalized spacial score (nSPS) is 11.9. The van der Waals surface area contributed by atoms with Crippen LogP contribution in [0, 0.1) is 6.92 Å². The summed E-state index contributed by atoms with van der Waals surface area (Å²) in [6.45, 7) is 4.88. The number of aromatic nitrogens is 2. The van der Waals surface area contributed by atoms with Crippen molar-refractivity contribution >= 4 is 32.7 Å². The Kier molecular flexibility index (Phi) is 7.12. The molecule has 1 amide bonds. The fourth-order valence-electron chi connectivity index (χ4n) is 3.46. The highest BCUT2D eigenvalue weighted by molar-refractivity contribution is 7.89. The molecule has 0 spiro atoms. The number of nitrogens with zero attached hydrogens (tertiary/aromatic N) is 3. The number of amides is 1. The number of hydrogen-bond donors (Lipinski definition) is 1. The van der Waals surface area contributed by atoms with Gasteiger partial charge in [0.1, 0.15) is 5.82 Å². The first-order valence-electron chi connectivity index (χ1n) is 10.5. The van der Waals surface area contributed by atoms with Gasteiger partial charge in [-0.3, -0.25) is 4.79 Å². The number of carbonyl (C=O) groups excluding carboxylic acids is 1. The molecule has 31 heavy (non-hydrogen) atoms. The van der Waals surface area contributed by atoms with E-state index in [9.17, 15) is 13.2 Å². The number of benzene rings is 2. The van der Waals surface area contributed by atoms with E-state index in [1.165, 1.54) is 18.4 Å². The van der Waals surface area contributed by atoms with E-state index in [0.717, 1.165) is 42.0 Å². The molecule has 1 heterocycles. The SMILES string of the molecule is CCCCn1c(CCC(=O)Nc2cccc(C)c2)nc2cc(S(=O)(=O)N(C)C)ccc21. The van der Waals surface area contributed by atoms with Crippen molar-refractivity contribution in [3.05, 3.63) is 53.9 Å². The molecule has 0 bridgehead atoms. The van der Waals surface area contributed by atoms with E-state index >= 15 is 0 Å². The standard InChI is InChI=1S/C23H30N4O3S/c1-5-6-14-27-21-11-10-19(31(29,30)26(3)4)16-20(21)25-22(27)12-13-23(28)24-18-9-7-8-17(2)15-18/h7-11,15-16H,5-6,12-14H2,1-4H3,(H,24,28). The molecule has 0 saturated heterocycles. The lowest BCUT2D eigenvalue weighted by Gasteiger charge is -2.11. The Morgan fingerprint density at radius 3 is 2.61 bits per heavy atom. The van der Waals surface area contributed by atoms with Crippen molar-refractivity contribution in [1.29, 1.82) is 0 Å². The van der Waals surface area contributed by atoms with E-state index < -0.39 is 10.0 Å². The molecule has 166 valence electrons. The Bertz CT molecular complexity index is 1180. The zero-order valence-corrected chi connectivity index (χ0v) is 19.4. The summed E-state index contributed by atoms with van der Waals surface area (Å²) in [5, 5.41) is 2.93. The molecule has 1 N–H and O–H groups in total. The van der Waals surface area contributed by atoms with Gasteiger partial charge in [0.15, 0.2) is 0 Å². The number of nitrogens with one attached hydrogen (secondary N) is 1. The van der Waals surface area contributed by atoms with Crippen LogP contribution >= 0.6 is 0 Å². The van der Waals surface area contributed by atoms with Crippen LogP contribution in [0.1, 0.15) is 37.6 Å². The van der Waals surface area contributed by atoms with Crippen LogP contribution in [0.2, 0.25) is 0 Å². The van der Waals surface area contributed by atoms with Gasteiger partial charge in [-0.05, 0) is 49.2 Å². The van der Waals surface area contributed by atoms with E-state index in [1.807, 2.05) is 37.3 Å². The Hall–Kier alpha value is -2.71. The first-order chi connectivity index (χ1) is 14.7. The molecule has 0 unspecified atom stereocenters. The Labute approximate surface area is 184 Å². The summed E-state index contributed by atoms with van der Waals surface area (Å²) in [4.78, 5) is 17.4. The Morgan fingerprint density at radius 1 is 1.16 bits per heavy atom. The molecule has 0 fully saturated rings. The van der Waals surface area contributed by atoms with Gasteiger partial charge in [-0.1, -0.05) is 25.5 Å².